The average Bonchev–Trinajstić information content (AvgIpc) is 2.99. The van der Waals surface area contributed by atoms with Gasteiger partial charge in [-0.1, -0.05) is 36.4 Å². The number of carbonyl (C=O) groups is 1. The Balaban J connectivity index is 1.57. The Bertz CT molecular complexity index is 701. The molecule has 0 unspecified atom stereocenters. The Morgan fingerprint density at radius 1 is 1.23 bits per heavy atom. The van der Waals surface area contributed by atoms with Gasteiger partial charge in [0.25, 0.3) is 5.91 Å². The van der Waals surface area contributed by atoms with Crippen molar-refractivity contribution in [1.29, 1.82) is 0 Å². The third-order valence-corrected chi connectivity index (χ3v) is 3.69. The van der Waals surface area contributed by atoms with Crippen LogP contribution in [0.1, 0.15) is 40.2 Å². The summed E-state index contributed by atoms with van der Waals surface area (Å²) in [5, 5.41) is 11.0. The van der Waals surface area contributed by atoms with Crippen LogP contribution in [-0.2, 0) is 12.8 Å². The van der Waals surface area contributed by atoms with Gasteiger partial charge in [-0.05, 0) is 37.3 Å². The first-order chi connectivity index (χ1) is 10.8. The number of aromatic amines is 1. The number of benzene rings is 1. The van der Waals surface area contributed by atoms with Gasteiger partial charge in [0.15, 0.2) is 5.69 Å². The molecule has 5 heteroatoms. The van der Waals surface area contributed by atoms with E-state index in [9.17, 15) is 4.79 Å². The largest absolute Gasteiger partial charge is 0.292 e. The van der Waals surface area contributed by atoms with Crippen LogP contribution in [0.3, 0.4) is 0 Å². The molecule has 0 atom stereocenters. The highest BCUT2D eigenvalue weighted by Gasteiger charge is 2.21. The van der Waals surface area contributed by atoms with Crippen LogP contribution in [0.15, 0.2) is 41.5 Å². The minimum Gasteiger partial charge on any atom is -0.281 e. The Morgan fingerprint density at radius 3 is 2.91 bits per heavy atom. The van der Waals surface area contributed by atoms with E-state index in [4.69, 9.17) is 0 Å². The molecule has 0 radical (unpaired) electrons. The third-order valence-electron chi connectivity index (χ3n) is 3.69. The summed E-state index contributed by atoms with van der Waals surface area (Å²) in [5.74, 6) is -0.260. The van der Waals surface area contributed by atoms with Gasteiger partial charge in [0.05, 0.1) is 0 Å². The van der Waals surface area contributed by atoms with Crippen LogP contribution in [0.2, 0.25) is 0 Å². The lowest BCUT2D eigenvalue weighted by Crippen LogP contribution is -2.20. The molecule has 112 valence electrons. The summed E-state index contributed by atoms with van der Waals surface area (Å²) in [6.45, 7) is 0. The quantitative estimate of drug-likeness (QED) is 0.672. The first-order valence-electron chi connectivity index (χ1n) is 7.46. The Morgan fingerprint density at radius 2 is 2.05 bits per heavy atom. The molecule has 1 heterocycles. The van der Waals surface area contributed by atoms with Crippen molar-refractivity contribution in [2.24, 2.45) is 5.10 Å². The molecule has 1 aromatic heterocycles. The van der Waals surface area contributed by atoms with Crippen molar-refractivity contribution in [3.63, 3.8) is 0 Å². The average molecular weight is 294 g/mol. The fraction of sp³-hybridized carbons (Fsp3) is 0.235. The minimum absolute atomic E-state index is 0.260. The van der Waals surface area contributed by atoms with Gasteiger partial charge >= 0.3 is 0 Å². The number of fused-ring (bicyclic) bond motifs is 1. The number of rotatable bonds is 4. The number of hydrazone groups is 1. The smallest absolute Gasteiger partial charge is 0.281 e. The highest BCUT2D eigenvalue weighted by molar-refractivity contribution is 5.94. The topological polar surface area (TPSA) is 70.1 Å². The molecule has 1 aliphatic rings. The second-order valence-electron chi connectivity index (χ2n) is 5.23. The van der Waals surface area contributed by atoms with E-state index in [1.807, 2.05) is 36.4 Å². The maximum Gasteiger partial charge on any atom is 0.292 e. The van der Waals surface area contributed by atoms with E-state index in [-0.39, 0.29) is 5.91 Å². The minimum atomic E-state index is -0.260. The summed E-state index contributed by atoms with van der Waals surface area (Å²) < 4.78 is 0. The number of carbonyl (C=O) groups excluding carboxylic acids is 1. The molecule has 3 rings (SSSR count). The van der Waals surface area contributed by atoms with E-state index in [1.54, 1.807) is 12.3 Å². The second kappa shape index (κ2) is 6.85. The predicted molar refractivity (Wildman–Crippen MR) is 86.7 cm³/mol. The fourth-order valence-electron chi connectivity index (χ4n) is 2.58. The molecule has 2 aromatic rings. The molecule has 5 nitrogen and oxygen atoms in total. The number of nitrogens with zero attached hydrogens (tertiary/aromatic N) is 2. The molecule has 0 fully saturated rings. The van der Waals surface area contributed by atoms with Crippen molar-refractivity contribution in [2.75, 3.05) is 0 Å². The Labute approximate surface area is 129 Å². The monoisotopic (exact) mass is 294 g/mol. The van der Waals surface area contributed by atoms with Crippen LogP contribution >= 0.6 is 0 Å². The first kappa shape index (κ1) is 14.3. The van der Waals surface area contributed by atoms with Gasteiger partial charge in [0, 0.05) is 17.5 Å². The lowest BCUT2D eigenvalue weighted by molar-refractivity contribution is 0.0949. The van der Waals surface area contributed by atoms with Crippen molar-refractivity contribution in [3.05, 3.63) is 58.9 Å². The molecule has 0 spiro atoms. The van der Waals surface area contributed by atoms with E-state index in [0.717, 1.165) is 42.5 Å². The Hall–Kier alpha value is -2.69. The van der Waals surface area contributed by atoms with Crippen LogP contribution in [0.5, 0.6) is 0 Å². The summed E-state index contributed by atoms with van der Waals surface area (Å²) in [7, 11) is 0. The summed E-state index contributed by atoms with van der Waals surface area (Å²) in [6.07, 6.45) is 9.41. The molecule has 0 bridgehead atoms. The maximum atomic E-state index is 12.1. The van der Waals surface area contributed by atoms with Crippen LogP contribution < -0.4 is 5.43 Å². The highest BCUT2D eigenvalue weighted by Crippen LogP contribution is 2.21. The van der Waals surface area contributed by atoms with Gasteiger partial charge in [0.2, 0.25) is 0 Å². The summed E-state index contributed by atoms with van der Waals surface area (Å²) >= 11 is 0. The summed E-state index contributed by atoms with van der Waals surface area (Å²) in [4.78, 5) is 12.1. The number of aromatic nitrogens is 2. The predicted octanol–water partition coefficient (Wildman–Crippen LogP) is 2.72. The van der Waals surface area contributed by atoms with Gasteiger partial charge in [-0.25, -0.2) is 5.43 Å². The van der Waals surface area contributed by atoms with Gasteiger partial charge in [-0.3, -0.25) is 9.89 Å². The van der Waals surface area contributed by atoms with Crippen molar-refractivity contribution >= 4 is 18.2 Å². The number of hydrogen-bond acceptors (Lipinski definition) is 3. The van der Waals surface area contributed by atoms with E-state index >= 15 is 0 Å². The van der Waals surface area contributed by atoms with E-state index in [2.05, 4.69) is 20.7 Å². The third kappa shape index (κ3) is 3.31. The maximum absolute atomic E-state index is 12.1. The van der Waals surface area contributed by atoms with Crippen molar-refractivity contribution in [3.8, 4) is 0 Å². The van der Waals surface area contributed by atoms with Crippen LogP contribution in [0.4, 0.5) is 0 Å². The lowest BCUT2D eigenvalue weighted by Gasteiger charge is -2.10. The number of hydrogen-bond donors (Lipinski definition) is 2. The molecule has 1 amide bonds. The first-order valence-corrected chi connectivity index (χ1v) is 7.46. The summed E-state index contributed by atoms with van der Waals surface area (Å²) in [6, 6.07) is 9.91. The van der Waals surface area contributed by atoms with Crippen LogP contribution in [0.25, 0.3) is 6.08 Å². The Kier molecular flexibility index (Phi) is 4.44. The van der Waals surface area contributed by atoms with Gasteiger partial charge in [-0.15, -0.1) is 0 Å². The van der Waals surface area contributed by atoms with Gasteiger partial charge in [-0.2, -0.15) is 10.2 Å². The zero-order valence-electron chi connectivity index (χ0n) is 12.2. The molecule has 0 saturated carbocycles. The van der Waals surface area contributed by atoms with Gasteiger partial charge in [0.1, 0.15) is 0 Å². The zero-order valence-corrected chi connectivity index (χ0v) is 12.2. The molecule has 0 aliphatic heterocycles. The number of allylic oxidation sites excluding steroid dienone is 1. The normalized spacial score (nSPS) is 14.4. The SMILES string of the molecule is O=C(N/N=C\C=C\c1ccccc1)c1n[nH]c2c1CCCC2. The number of amides is 1. The molecular formula is C17H18N4O. The summed E-state index contributed by atoms with van der Waals surface area (Å²) in [5.41, 5.74) is 6.20. The van der Waals surface area contributed by atoms with Crippen LogP contribution in [-0.4, -0.2) is 22.3 Å². The lowest BCUT2D eigenvalue weighted by atomic mass is 9.96. The van der Waals surface area contributed by atoms with Crippen molar-refractivity contribution in [1.82, 2.24) is 15.6 Å². The molecule has 0 saturated heterocycles. The zero-order chi connectivity index (χ0) is 15.2. The molecular weight excluding hydrogens is 276 g/mol. The van der Waals surface area contributed by atoms with E-state index in [0.29, 0.717) is 5.69 Å². The second-order valence-corrected chi connectivity index (χ2v) is 5.23. The van der Waals surface area contributed by atoms with Crippen molar-refractivity contribution in [2.45, 2.75) is 25.7 Å². The van der Waals surface area contributed by atoms with Crippen molar-refractivity contribution < 1.29 is 4.79 Å². The van der Waals surface area contributed by atoms with E-state index < -0.39 is 0 Å². The highest BCUT2D eigenvalue weighted by atomic mass is 16.2. The molecule has 22 heavy (non-hydrogen) atoms. The standard InChI is InChI=1S/C17H18N4O/c22-17(16-14-10-4-5-11-15(14)19-20-16)21-18-12-6-9-13-7-2-1-3-8-13/h1-3,6-9,12H,4-5,10-11H2,(H,19,20)(H,21,22)/b9-6+,18-12-. The number of aryl methyl sites for hydroxylation is 1. The number of H-pyrrole nitrogens is 1. The molecule has 2 N–H and O–H groups in total. The van der Waals surface area contributed by atoms with Gasteiger partial charge < -0.3 is 0 Å². The fourth-order valence-corrected chi connectivity index (χ4v) is 2.58. The number of nitrogens with one attached hydrogen (secondary N) is 2. The van der Waals surface area contributed by atoms with E-state index in [1.165, 1.54) is 0 Å². The molecule has 1 aromatic carbocycles. The van der Waals surface area contributed by atoms with Crippen LogP contribution in [0, 0.1) is 0 Å². The molecule has 1 aliphatic carbocycles.